The summed E-state index contributed by atoms with van der Waals surface area (Å²) in [7, 11) is 0. The van der Waals surface area contributed by atoms with E-state index >= 15 is 0 Å². The van der Waals surface area contributed by atoms with Crippen molar-refractivity contribution < 1.29 is 4.79 Å². The van der Waals surface area contributed by atoms with Gasteiger partial charge in [0.2, 0.25) is 0 Å². The quantitative estimate of drug-likeness (QED) is 0.714. The van der Waals surface area contributed by atoms with Gasteiger partial charge in [0.15, 0.2) is 0 Å². The minimum Gasteiger partial charge on any atom is -0.342 e. The molecule has 0 bridgehead atoms. The number of aromatic nitrogens is 3. The van der Waals surface area contributed by atoms with Crippen molar-refractivity contribution in [2.24, 2.45) is 0 Å². The Morgan fingerprint density at radius 1 is 1.14 bits per heavy atom. The molecule has 1 fully saturated rings. The second-order valence-corrected chi connectivity index (χ2v) is 7.22. The minimum absolute atomic E-state index is 0.00442. The summed E-state index contributed by atoms with van der Waals surface area (Å²) >= 11 is 0. The molecule has 0 aliphatic carbocycles. The number of benzene rings is 1. The molecule has 7 nitrogen and oxygen atoms in total. The number of urea groups is 1. The van der Waals surface area contributed by atoms with E-state index in [9.17, 15) is 4.79 Å². The van der Waals surface area contributed by atoms with Crippen molar-refractivity contribution in [3.8, 4) is 0 Å². The molecule has 0 saturated carbocycles. The number of hydrogen-bond donors (Lipinski definition) is 2. The van der Waals surface area contributed by atoms with E-state index in [-0.39, 0.29) is 6.03 Å². The van der Waals surface area contributed by atoms with Crippen LogP contribution in [0.4, 0.5) is 4.79 Å². The van der Waals surface area contributed by atoms with Crippen LogP contribution in [-0.4, -0.2) is 63.5 Å². The third-order valence-electron chi connectivity index (χ3n) is 5.17. The minimum atomic E-state index is 0.00442. The van der Waals surface area contributed by atoms with Crippen molar-refractivity contribution in [3.05, 3.63) is 59.7 Å². The molecule has 7 heteroatoms. The lowest BCUT2D eigenvalue weighted by molar-refractivity contribution is 0.134. The van der Waals surface area contributed by atoms with Gasteiger partial charge in [-0.3, -0.25) is 9.88 Å². The lowest BCUT2D eigenvalue weighted by Crippen LogP contribution is -2.51. The Hall–Kier alpha value is -2.93. The van der Waals surface area contributed by atoms with Gasteiger partial charge < -0.3 is 15.2 Å². The SMILES string of the molecule is Cc1cccc2[nH]c(CCNC(=O)N3CCN(Cc4ccccn4)CC3)nc12. The molecule has 3 heterocycles. The van der Waals surface area contributed by atoms with E-state index in [0.29, 0.717) is 13.0 Å². The van der Waals surface area contributed by atoms with Gasteiger partial charge >= 0.3 is 6.03 Å². The van der Waals surface area contributed by atoms with Crippen LogP contribution in [0.3, 0.4) is 0 Å². The molecule has 146 valence electrons. The molecule has 0 radical (unpaired) electrons. The summed E-state index contributed by atoms with van der Waals surface area (Å²) < 4.78 is 0. The molecule has 0 spiro atoms. The second kappa shape index (κ2) is 8.39. The molecule has 2 aromatic heterocycles. The molecule has 1 aliphatic heterocycles. The fourth-order valence-corrected chi connectivity index (χ4v) is 3.57. The van der Waals surface area contributed by atoms with Gasteiger partial charge in [0.25, 0.3) is 0 Å². The van der Waals surface area contributed by atoms with E-state index in [1.54, 1.807) is 0 Å². The lowest BCUT2D eigenvalue weighted by Gasteiger charge is -2.34. The number of imidazole rings is 1. The molecule has 0 atom stereocenters. The number of H-pyrrole nitrogens is 1. The average Bonchev–Trinajstić information content (AvgIpc) is 3.14. The van der Waals surface area contributed by atoms with Gasteiger partial charge in [0.1, 0.15) is 5.82 Å². The Balaban J connectivity index is 1.22. The van der Waals surface area contributed by atoms with Crippen molar-refractivity contribution in [1.29, 1.82) is 0 Å². The molecular weight excluding hydrogens is 352 g/mol. The summed E-state index contributed by atoms with van der Waals surface area (Å²) in [6, 6.07) is 12.1. The van der Waals surface area contributed by atoms with Crippen LogP contribution in [0.25, 0.3) is 11.0 Å². The lowest BCUT2D eigenvalue weighted by atomic mass is 10.2. The maximum absolute atomic E-state index is 12.4. The smallest absolute Gasteiger partial charge is 0.317 e. The summed E-state index contributed by atoms with van der Waals surface area (Å²) in [4.78, 5) is 29.0. The zero-order chi connectivity index (χ0) is 19.3. The molecule has 2 amide bonds. The normalized spacial score (nSPS) is 15.1. The first-order chi connectivity index (χ1) is 13.7. The van der Waals surface area contributed by atoms with Gasteiger partial charge in [-0.15, -0.1) is 0 Å². The third kappa shape index (κ3) is 4.31. The standard InChI is InChI=1S/C21H26N6O/c1-16-5-4-7-18-20(16)25-19(24-18)8-10-23-21(28)27-13-11-26(12-14-27)15-17-6-2-3-9-22-17/h2-7,9H,8,10-15H2,1H3,(H,23,28)(H,24,25). The number of carbonyl (C=O) groups is 1. The van der Waals surface area contributed by atoms with E-state index < -0.39 is 0 Å². The maximum Gasteiger partial charge on any atom is 0.317 e. The molecule has 1 aliphatic rings. The summed E-state index contributed by atoms with van der Waals surface area (Å²) in [6.45, 7) is 6.68. The number of amides is 2. The zero-order valence-electron chi connectivity index (χ0n) is 16.2. The van der Waals surface area contributed by atoms with Gasteiger partial charge in [-0.05, 0) is 30.7 Å². The average molecular weight is 378 g/mol. The monoisotopic (exact) mass is 378 g/mol. The van der Waals surface area contributed by atoms with Crippen LogP contribution in [-0.2, 0) is 13.0 Å². The van der Waals surface area contributed by atoms with Crippen LogP contribution >= 0.6 is 0 Å². The largest absolute Gasteiger partial charge is 0.342 e. The number of para-hydroxylation sites is 1. The zero-order valence-corrected chi connectivity index (χ0v) is 16.2. The van der Waals surface area contributed by atoms with Crippen LogP contribution in [0.1, 0.15) is 17.1 Å². The van der Waals surface area contributed by atoms with Crippen molar-refractivity contribution in [2.75, 3.05) is 32.7 Å². The first-order valence-electron chi connectivity index (χ1n) is 9.78. The Labute approximate surface area is 164 Å². The maximum atomic E-state index is 12.4. The summed E-state index contributed by atoms with van der Waals surface area (Å²) in [5, 5.41) is 3.02. The Morgan fingerprint density at radius 2 is 2.00 bits per heavy atom. The number of pyridine rings is 1. The highest BCUT2D eigenvalue weighted by Crippen LogP contribution is 2.15. The number of nitrogens with one attached hydrogen (secondary N) is 2. The first-order valence-corrected chi connectivity index (χ1v) is 9.78. The van der Waals surface area contributed by atoms with Crippen LogP contribution < -0.4 is 5.32 Å². The van der Waals surface area contributed by atoms with E-state index in [1.165, 1.54) is 0 Å². The van der Waals surface area contributed by atoms with Gasteiger partial charge in [0, 0.05) is 51.9 Å². The van der Waals surface area contributed by atoms with Crippen LogP contribution in [0.15, 0.2) is 42.6 Å². The van der Waals surface area contributed by atoms with E-state index in [4.69, 9.17) is 0 Å². The summed E-state index contributed by atoms with van der Waals surface area (Å²) in [5.41, 5.74) is 4.28. The highest BCUT2D eigenvalue weighted by atomic mass is 16.2. The number of nitrogens with zero attached hydrogens (tertiary/aromatic N) is 4. The molecule has 0 unspecified atom stereocenters. The molecule has 4 rings (SSSR count). The number of aromatic amines is 1. The highest BCUT2D eigenvalue weighted by Gasteiger charge is 2.21. The van der Waals surface area contributed by atoms with Gasteiger partial charge in [-0.25, -0.2) is 9.78 Å². The number of fused-ring (bicyclic) bond motifs is 1. The number of rotatable bonds is 5. The number of hydrogen-bond acceptors (Lipinski definition) is 4. The Bertz CT molecular complexity index is 930. The Morgan fingerprint density at radius 3 is 2.75 bits per heavy atom. The molecule has 28 heavy (non-hydrogen) atoms. The van der Waals surface area contributed by atoms with Crippen LogP contribution in [0.2, 0.25) is 0 Å². The van der Waals surface area contributed by atoms with Gasteiger partial charge in [0.05, 0.1) is 16.7 Å². The summed E-state index contributed by atoms with van der Waals surface area (Å²) in [5.74, 6) is 0.907. The van der Waals surface area contributed by atoms with E-state index in [1.807, 2.05) is 41.4 Å². The Kier molecular flexibility index (Phi) is 5.53. The first kappa shape index (κ1) is 18.4. The second-order valence-electron chi connectivity index (χ2n) is 7.22. The van der Waals surface area contributed by atoms with Crippen LogP contribution in [0.5, 0.6) is 0 Å². The van der Waals surface area contributed by atoms with Crippen molar-refractivity contribution >= 4 is 17.1 Å². The van der Waals surface area contributed by atoms with Crippen LogP contribution in [0, 0.1) is 6.92 Å². The van der Waals surface area contributed by atoms with E-state index in [0.717, 1.165) is 60.8 Å². The molecule has 1 saturated heterocycles. The summed E-state index contributed by atoms with van der Waals surface area (Å²) in [6.07, 6.45) is 2.52. The predicted octanol–water partition coefficient (Wildman–Crippen LogP) is 2.34. The van der Waals surface area contributed by atoms with Crippen molar-refractivity contribution in [3.63, 3.8) is 0 Å². The highest BCUT2D eigenvalue weighted by molar-refractivity contribution is 5.78. The number of carbonyl (C=O) groups excluding carboxylic acids is 1. The molecule has 3 aromatic rings. The van der Waals surface area contributed by atoms with Gasteiger partial charge in [-0.1, -0.05) is 18.2 Å². The van der Waals surface area contributed by atoms with Crippen molar-refractivity contribution in [2.45, 2.75) is 19.9 Å². The number of aryl methyl sites for hydroxylation is 1. The predicted molar refractivity (Wildman–Crippen MR) is 109 cm³/mol. The fraction of sp³-hybridized carbons (Fsp3) is 0.381. The third-order valence-corrected chi connectivity index (χ3v) is 5.17. The number of piperazine rings is 1. The van der Waals surface area contributed by atoms with E-state index in [2.05, 4.69) is 38.2 Å². The van der Waals surface area contributed by atoms with Gasteiger partial charge in [-0.2, -0.15) is 0 Å². The molecule has 2 N–H and O–H groups in total. The van der Waals surface area contributed by atoms with Crippen molar-refractivity contribution in [1.82, 2.24) is 30.1 Å². The molecular formula is C21H26N6O. The molecule has 1 aromatic carbocycles. The fourth-order valence-electron chi connectivity index (χ4n) is 3.57. The topological polar surface area (TPSA) is 77.2 Å².